The van der Waals surface area contributed by atoms with Gasteiger partial charge in [-0.15, -0.1) is 0 Å². The normalized spacial score (nSPS) is 25.4. The van der Waals surface area contributed by atoms with Crippen molar-refractivity contribution in [3.63, 3.8) is 0 Å². The van der Waals surface area contributed by atoms with E-state index in [9.17, 15) is 14.4 Å². The van der Waals surface area contributed by atoms with Gasteiger partial charge in [-0.1, -0.05) is 18.1 Å². The lowest BCUT2D eigenvalue weighted by atomic mass is 9.87. The van der Waals surface area contributed by atoms with Gasteiger partial charge in [0.25, 0.3) is 11.8 Å². The van der Waals surface area contributed by atoms with Crippen LogP contribution in [0.1, 0.15) is 35.3 Å². The van der Waals surface area contributed by atoms with E-state index in [1.807, 2.05) is 25.1 Å². The number of fused-ring (bicyclic) bond motifs is 1. The average Bonchev–Trinajstić information content (AvgIpc) is 3.23. The topological polar surface area (TPSA) is 100 Å². The van der Waals surface area contributed by atoms with E-state index in [0.29, 0.717) is 18.7 Å². The van der Waals surface area contributed by atoms with Crippen LogP contribution < -0.4 is 16.0 Å². The van der Waals surface area contributed by atoms with Gasteiger partial charge in [0.05, 0.1) is 4.70 Å². The average molecular weight is 358 g/mol. The number of carbonyl (C=O) groups is 3. The Bertz CT molecular complexity index is 893. The van der Waals surface area contributed by atoms with Crippen LogP contribution in [0.25, 0.3) is 10.1 Å². The zero-order valence-electron chi connectivity index (χ0n) is 13.7. The van der Waals surface area contributed by atoms with Crippen molar-refractivity contribution in [1.82, 2.24) is 20.3 Å². The van der Waals surface area contributed by atoms with E-state index in [2.05, 4.69) is 20.3 Å². The summed E-state index contributed by atoms with van der Waals surface area (Å²) in [4.78, 5) is 36.3. The molecule has 1 spiro atoms. The van der Waals surface area contributed by atoms with Crippen LogP contribution in [0.3, 0.4) is 0 Å². The van der Waals surface area contributed by atoms with E-state index in [1.54, 1.807) is 0 Å². The maximum atomic E-state index is 12.6. The minimum atomic E-state index is -0.884. The van der Waals surface area contributed by atoms with Crippen molar-refractivity contribution in [3.8, 4) is 0 Å². The Morgan fingerprint density at radius 1 is 1.44 bits per heavy atom. The zero-order chi connectivity index (χ0) is 17.6. The molecule has 1 saturated carbocycles. The van der Waals surface area contributed by atoms with Gasteiger partial charge in [0.15, 0.2) is 0 Å². The largest absolute Gasteiger partial charge is 0.350 e. The minimum absolute atomic E-state index is 0.116. The first-order valence-corrected chi connectivity index (χ1v) is 9.05. The highest BCUT2D eigenvalue weighted by atomic mass is 32.1. The molecule has 7 nitrogen and oxygen atoms in total. The van der Waals surface area contributed by atoms with Gasteiger partial charge in [-0.05, 0) is 43.4 Å². The maximum absolute atomic E-state index is 12.6. The Balaban J connectivity index is 1.51. The van der Waals surface area contributed by atoms with Gasteiger partial charge in [0.1, 0.15) is 11.2 Å². The van der Waals surface area contributed by atoms with Crippen LogP contribution in [-0.4, -0.2) is 34.3 Å². The van der Waals surface area contributed by atoms with E-state index in [1.165, 1.54) is 11.5 Å². The lowest BCUT2D eigenvalue weighted by Gasteiger charge is -2.28. The number of rotatable bonds is 3. The molecular formula is C17H18N4O3S. The molecule has 4 amide bonds. The second kappa shape index (κ2) is 5.80. The minimum Gasteiger partial charge on any atom is -0.350 e. The standard InChI is InChI=1S/C17H18N4O3S/c1-9-4-5-12-11(7-9)13(21-25-12)14(22)18-8-10-3-2-6-17(10)15(23)19-16(24)20-17/h4-5,7,10H,2-3,6,8H2,1H3,(H,18,22)(H2,19,20,23,24). The highest BCUT2D eigenvalue weighted by Gasteiger charge is 2.54. The molecule has 1 aliphatic heterocycles. The maximum Gasteiger partial charge on any atom is 0.322 e. The number of hydrogen-bond acceptors (Lipinski definition) is 5. The predicted molar refractivity (Wildman–Crippen MR) is 93.4 cm³/mol. The third-order valence-electron chi connectivity index (χ3n) is 5.14. The van der Waals surface area contributed by atoms with E-state index in [-0.39, 0.29) is 17.7 Å². The second-order valence-electron chi connectivity index (χ2n) is 6.71. The summed E-state index contributed by atoms with van der Waals surface area (Å²) in [5, 5.41) is 8.82. The molecule has 3 N–H and O–H groups in total. The van der Waals surface area contributed by atoms with Gasteiger partial charge in [-0.3, -0.25) is 14.9 Å². The molecule has 2 atom stereocenters. The molecule has 8 heteroatoms. The highest BCUT2D eigenvalue weighted by molar-refractivity contribution is 7.13. The van der Waals surface area contributed by atoms with Gasteiger partial charge >= 0.3 is 6.03 Å². The summed E-state index contributed by atoms with van der Waals surface area (Å²) in [6.45, 7) is 2.31. The van der Waals surface area contributed by atoms with Crippen LogP contribution in [0.2, 0.25) is 0 Å². The van der Waals surface area contributed by atoms with Crippen molar-refractivity contribution in [2.24, 2.45) is 5.92 Å². The quantitative estimate of drug-likeness (QED) is 0.727. The van der Waals surface area contributed by atoms with E-state index in [0.717, 1.165) is 28.5 Å². The number of carbonyl (C=O) groups excluding carboxylic acids is 3. The number of nitrogens with one attached hydrogen (secondary N) is 3. The fourth-order valence-electron chi connectivity index (χ4n) is 3.84. The summed E-state index contributed by atoms with van der Waals surface area (Å²) < 4.78 is 5.25. The summed E-state index contributed by atoms with van der Waals surface area (Å²) in [6, 6.07) is 5.45. The first-order valence-electron chi connectivity index (χ1n) is 8.27. The van der Waals surface area contributed by atoms with Crippen molar-refractivity contribution < 1.29 is 14.4 Å². The van der Waals surface area contributed by atoms with Gasteiger partial charge in [-0.25, -0.2) is 4.79 Å². The van der Waals surface area contributed by atoms with E-state index < -0.39 is 11.6 Å². The molecule has 0 radical (unpaired) electrons. The highest BCUT2D eigenvalue weighted by Crippen LogP contribution is 2.37. The van der Waals surface area contributed by atoms with Crippen LogP contribution in [0.5, 0.6) is 0 Å². The number of hydrogen-bond donors (Lipinski definition) is 3. The van der Waals surface area contributed by atoms with E-state index in [4.69, 9.17) is 0 Å². The first-order chi connectivity index (χ1) is 12.0. The third kappa shape index (κ3) is 2.57. The Morgan fingerprint density at radius 3 is 3.04 bits per heavy atom. The second-order valence-corrected chi connectivity index (χ2v) is 7.51. The summed E-state index contributed by atoms with van der Waals surface area (Å²) in [6.07, 6.45) is 2.22. The molecule has 4 rings (SSSR count). The molecule has 25 heavy (non-hydrogen) atoms. The molecule has 2 unspecified atom stereocenters. The number of aromatic nitrogens is 1. The molecule has 2 aromatic rings. The predicted octanol–water partition coefficient (Wildman–Crippen LogP) is 1.71. The molecule has 1 saturated heterocycles. The molecular weight excluding hydrogens is 340 g/mol. The van der Waals surface area contributed by atoms with Gasteiger partial charge in [-0.2, -0.15) is 4.37 Å². The molecule has 0 bridgehead atoms. The molecule has 2 fully saturated rings. The smallest absolute Gasteiger partial charge is 0.322 e. The Kier molecular flexibility index (Phi) is 3.72. The number of imide groups is 1. The van der Waals surface area contributed by atoms with Crippen LogP contribution in [0.15, 0.2) is 18.2 Å². The van der Waals surface area contributed by atoms with Crippen molar-refractivity contribution in [2.45, 2.75) is 31.7 Å². The van der Waals surface area contributed by atoms with Crippen molar-refractivity contribution in [3.05, 3.63) is 29.5 Å². The fraction of sp³-hybridized carbons (Fsp3) is 0.412. The molecule has 2 heterocycles. The van der Waals surface area contributed by atoms with Gasteiger partial charge in [0.2, 0.25) is 0 Å². The van der Waals surface area contributed by atoms with E-state index >= 15 is 0 Å². The van der Waals surface area contributed by atoms with Gasteiger partial charge in [0, 0.05) is 17.8 Å². The Morgan fingerprint density at radius 2 is 2.28 bits per heavy atom. The molecule has 1 aliphatic carbocycles. The van der Waals surface area contributed by atoms with Crippen LogP contribution in [0.4, 0.5) is 4.79 Å². The van der Waals surface area contributed by atoms with Crippen molar-refractivity contribution in [2.75, 3.05) is 6.54 Å². The fourth-order valence-corrected chi connectivity index (χ4v) is 4.59. The molecule has 1 aromatic carbocycles. The SMILES string of the molecule is Cc1ccc2snc(C(=O)NCC3CCCC34NC(=O)NC4=O)c2c1. The summed E-state index contributed by atoms with van der Waals surface area (Å²) in [7, 11) is 0. The van der Waals surface area contributed by atoms with Crippen molar-refractivity contribution in [1.29, 1.82) is 0 Å². The van der Waals surface area contributed by atoms with Crippen LogP contribution >= 0.6 is 11.5 Å². The van der Waals surface area contributed by atoms with Gasteiger partial charge < -0.3 is 10.6 Å². The molecule has 2 aliphatic rings. The molecule has 130 valence electrons. The first kappa shape index (κ1) is 16.0. The third-order valence-corrected chi connectivity index (χ3v) is 5.97. The number of benzene rings is 1. The monoisotopic (exact) mass is 358 g/mol. The van der Waals surface area contributed by atoms with Crippen LogP contribution in [-0.2, 0) is 4.79 Å². The molecule has 1 aromatic heterocycles. The number of aryl methyl sites for hydroxylation is 1. The summed E-state index contributed by atoms with van der Waals surface area (Å²) >= 11 is 1.30. The lowest BCUT2D eigenvalue weighted by Crippen LogP contribution is -2.53. The number of urea groups is 1. The number of amides is 4. The summed E-state index contributed by atoms with van der Waals surface area (Å²) in [5.74, 6) is -0.651. The Labute approximate surface area is 148 Å². The Hall–Kier alpha value is -2.48. The van der Waals surface area contributed by atoms with Crippen molar-refractivity contribution >= 4 is 39.5 Å². The summed E-state index contributed by atoms with van der Waals surface area (Å²) in [5.41, 5.74) is 0.600. The lowest BCUT2D eigenvalue weighted by molar-refractivity contribution is -0.125. The number of nitrogens with zero attached hydrogens (tertiary/aromatic N) is 1. The zero-order valence-corrected chi connectivity index (χ0v) is 14.5. The van der Waals surface area contributed by atoms with Crippen LogP contribution in [0, 0.1) is 12.8 Å².